The van der Waals surface area contributed by atoms with Crippen LogP contribution < -0.4 is 0 Å². The molecule has 0 fully saturated rings. The van der Waals surface area contributed by atoms with Gasteiger partial charge in [-0.1, -0.05) is 17.7 Å². The second-order valence-corrected chi connectivity index (χ2v) is 6.03. The Morgan fingerprint density at radius 1 is 1.29 bits per heavy atom. The van der Waals surface area contributed by atoms with E-state index >= 15 is 0 Å². The molecule has 1 aromatic carbocycles. The van der Waals surface area contributed by atoms with Gasteiger partial charge in [0.1, 0.15) is 0 Å². The third-order valence-electron chi connectivity index (χ3n) is 2.62. The van der Waals surface area contributed by atoms with E-state index in [0.29, 0.717) is 0 Å². The molecule has 6 heteroatoms. The Hall–Kier alpha value is -1.40. The van der Waals surface area contributed by atoms with E-state index in [-0.39, 0.29) is 4.90 Å². The molecule has 1 N–H and O–H groups in total. The lowest BCUT2D eigenvalue weighted by Crippen LogP contribution is -2.45. The maximum absolute atomic E-state index is 12.1. The van der Waals surface area contributed by atoms with Gasteiger partial charge in [0.2, 0.25) is 9.84 Å². The van der Waals surface area contributed by atoms with Crippen LogP contribution in [0.15, 0.2) is 29.2 Å². The zero-order valence-corrected chi connectivity index (χ0v) is 10.6. The summed E-state index contributed by atoms with van der Waals surface area (Å²) >= 11 is 0. The number of ether oxygens (including phenoxy) is 1. The molecule has 0 saturated heterocycles. The highest BCUT2D eigenvalue weighted by molar-refractivity contribution is 7.93. The number of hydrogen-bond acceptors (Lipinski definition) is 4. The number of benzene rings is 1. The third-order valence-corrected chi connectivity index (χ3v) is 4.88. The van der Waals surface area contributed by atoms with Gasteiger partial charge in [0.05, 0.1) is 4.90 Å². The molecular formula is C11H14O5S. The number of hydrogen-bond donors (Lipinski definition) is 1. The largest absolute Gasteiger partial charge is 0.478 e. The Morgan fingerprint density at radius 2 is 1.76 bits per heavy atom. The Kier molecular flexibility index (Phi) is 3.59. The predicted octanol–water partition coefficient (Wildman–Crippen LogP) is 1.22. The SMILES string of the molecule is CO[C@@](C)(C(=O)O)S(=O)(=O)c1ccc(C)cc1. The second-order valence-electron chi connectivity index (χ2n) is 3.77. The van der Waals surface area contributed by atoms with Crippen LogP contribution in [-0.4, -0.2) is 31.5 Å². The highest BCUT2D eigenvalue weighted by Gasteiger charge is 2.48. The average Bonchev–Trinajstić information content (AvgIpc) is 2.28. The number of aliphatic carboxylic acids is 1. The first-order valence-corrected chi connectivity index (χ1v) is 6.34. The lowest BCUT2D eigenvalue weighted by atomic mass is 10.2. The van der Waals surface area contributed by atoms with Gasteiger partial charge in [0.25, 0.3) is 4.93 Å². The first-order chi connectivity index (χ1) is 7.75. The smallest absolute Gasteiger partial charge is 0.352 e. The number of aryl methyl sites for hydroxylation is 1. The van der Waals surface area contributed by atoms with Crippen molar-refractivity contribution in [3.8, 4) is 0 Å². The van der Waals surface area contributed by atoms with Gasteiger partial charge < -0.3 is 9.84 Å². The molecule has 17 heavy (non-hydrogen) atoms. The highest BCUT2D eigenvalue weighted by Crippen LogP contribution is 2.26. The van der Waals surface area contributed by atoms with Gasteiger partial charge in [-0.3, -0.25) is 0 Å². The van der Waals surface area contributed by atoms with Crippen LogP contribution in [0.4, 0.5) is 0 Å². The molecule has 0 aliphatic rings. The quantitative estimate of drug-likeness (QED) is 0.878. The van der Waals surface area contributed by atoms with Crippen LogP contribution in [0.25, 0.3) is 0 Å². The fraction of sp³-hybridized carbons (Fsp3) is 0.364. The van der Waals surface area contributed by atoms with Crippen LogP contribution in [0.3, 0.4) is 0 Å². The standard InChI is InChI=1S/C11H14O5S/c1-8-4-6-9(7-5-8)17(14,15)11(2,16-3)10(12)13/h4-7H,1-3H3,(H,12,13)/t11-/m1/s1. The first-order valence-electron chi connectivity index (χ1n) is 4.85. The summed E-state index contributed by atoms with van der Waals surface area (Å²) in [6, 6.07) is 5.94. The number of carbonyl (C=O) groups is 1. The molecule has 1 aromatic rings. The Morgan fingerprint density at radius 3 is 2.12 bits per heavy atom. The van der Waals surface area contributed by atoms with E-state index in [1.54, 1.807) is 12.1 Å². The molecule has 0 radical (unpaired) electrons. The molecule has 0 saturated carbocycles. The number of methoxy groups -OCH3 is 1. The molecular weight excluding hydrogens is 244 g/mol. The van der Waals surface area contributed by atoms with Crippen molar-refractivity contribution in [3.63, 3.8) is 0 Å². The minimum absolute atomic E-state index is 0.0742. The van der Waals surface area contributed by atoms with E-state index in [2.05, 4.69) is 4.74 Å². The monoisotopic (exact) mass is 258 g/mol. The van der Waals surface area contributed by atoms with Crippen molar-refractivity contribution in [2.75, 3.05) is 7.11 Å². The summed E-state index contributed by atoms with van der Waals surface area (Å²) in [5.74, 6) is -1.54. The van der Waals surface area contributed by atoms with E-state index in [1.165, 1.54) is 12.1 Å². The fourth-order valence-electron chi connectivity index (χ4n) is 1.25. The molecule has 1 rings (SSSR count). The molecule has 0 unspecified atom stereocenters. The molecule has 0 bridgehead atoms. The van der Waals surface area contributed by atoms with Crippen LogP contribution >= 0.6 is 0 Å². The van der Waals surface area contributed by atoms with Crippen molar-refractivity contribution in [1.29, 1.82) is 0 Å². The van der Waals surface area contributed by atoms with E-state index in [0.717, 1.165) is 19.6 Å². The van der Waals surface area contributed by atoms with Crippen LogP contribution in [-0.2, 0) is 19.4 Å². The molecule has 0 aromatic heterocycles. The van der Waals surface area contributed by atoms with Crippen LogP contribution in [0.1, 0.15) is 12.5 Å². The van der Waals surface area contributed by atoms with Crippen molar-refractivity contribution in [2.24, 2.45) is 0 Å². The zero-order chi connectivity index (χ0) is 13.3. The summed E-state index contributed by atoms with van der Waals surface area (Å²) in [5, 5.41) is 8.98. The molecule has 0 amide bonds. The van der Waals surface area contributed by atoms with Gasteiger partial charge in [-0.2, -0.15) is 0 Å². The van der Waals surface area contributed by atoms with E-state index in [9.17, 15) is 13.2 Å². The molecule has 5 nitrogen and oxygen atoms in total. The molecule has 0 aliphatic heterocycles. The normalized spacial score (nSPS) is 15.2. The topological polar surface area (TPSA) is 80.7 Å². The fourth-order valence-corrected chi connectivity index (χ4v) is 2.65. The molecule has 0 aliphatic carbocycles. The summed E-state index contributed by atoms with van der Waals surface area (Å²) in [4.78, 5) is 8.69. The van der Waals surface area contributed by atoms with Gasteiger partial charge in [-0.05, 0) is 26.0 Å². The van der Waals surface area contributed by atoms with Crippen molar-refractivity contribution in [1.82, 2.24) is 0 Å². The number of carboxylic acid groups (broad SMARTS) is 1. The maximum atomic E-state index is 12.1. The van der Waals surface area contributed by atoms with Gasteiger partial charge in [0, 0.05) is 7.11 Å². The van der Waals surface area contributed by atoms with Gasteiger partial charge in [-0.15, -0.1) is 0 Å². The van der Waals surface area contributed by atoms with Gasteiger partial charge >= 0.3 is 5.97 Å². The highest BCUT2D eigenvalue weighted by atomic mass is 32.2. The Balaban J connectivity index is 3.37. The van der Waals surface area contributed by atoms with Crippen LogP contribution in [0.5, 0.6) is 0 Å². The second kappa shape index (κ2) is 4.46. The summed E-state index contributed by atoms with van der Waals surface area (Å²) in [5.41, 5.74) is 0.887. The van der Waals surface area contributed by atoms with Gasteiger partial charge in [-0.25, -0.2) is 13.2 Å². The van der Waals surface area contributed by atoms with Crippen LogP contribution in [0.2, 0.25) is 0 Å². The van der Waals surface area contributed by atoms with Crippen LogP contribution in [0, 0.1) is 6.92 Å². The number of sulfone groups is 1. The molecule has 0 heterocycles. The maximum Gasteiger partial charge on any atom is 0.352 e. The number of carboxylic acids is 1. The summed E-state index contributed by atoms with van der Waals surface area (Å²) in [6.45, 7) is 2.83. The summed E-state index contributed by atoms with van der Waals surface area (Å²) in [6.07, 6.45) is 0. The van der Waals surface area contributed by atoms with Crippen molar-refractivity contribution >= 4 is 15.8 Å². The molecule has 1 atom stereocenters. The van der Waals surface area contributed by atoms with Crippen molar-refractivity contribution in [2.45, 2.75) is 23.7 Å². The molecule has 94 valence electrons. The van der Waals surface area contributed by atoms with E-state index < -0.39 is 20.7 Å². The lowest BCUT2D eigenvalue weighted by Gasteiger charge is -2.23. The summed E-state index contributed by atoms with van der Waals surface area (Å²) in [7, 11) is -3.03. The minimum atomic E-state index is -4.09. The number of rotatable bonds is 4. The zero-order valence-electron chi connectivity index (χ0n) is 9.80. The lowest BCUT2D eigenvalue weighted by molar-refractivity contribution is -0.151. The third kappa shape index (κ3) is 2.18. The Labute approximate surface area is 100.0 Å². The Bertz CT molecular complexity index is 517. The first kappa shape index (κ1) is 13.7. The van der Waals surface area contributed by atoms with Gasteiger partial charge in [0.15, 0.2) is 0 Å². The summed E-state index contributed by atoms with van der Waals surface area (Å²) < 4.78 is 28.9. The van der Waals surface area contributed by atoms with E-state index in [4.69, 9.17) is 5.11 Å². The van der Waals surface area contributed by atoms with Crippen molar-refractivity contribution < 1.29 is 23.1 Å². The predicted molar refractivity (Wildman–Crippen MR) is 61.4 cm³/mol. The van der Waals surface area contributed by atoms with E-state index in [1.807, 2.05) is 6.92 Å². The van der Waals surface area contributed by atoms with Crippen molar-refractivity contribution in [3.05, 3.63) is 29.8 Å². The average molecular weight is 258 g/mol. The molecule has 0 spiro atoms. The minimum Gasteiger partial charge on any atom is -0.478 e.